The van der Waals surface area contributed by atoms with E-state index in [9.17, 15) is 9.90 Å². The SMILES string of the molecule is O=C(CN1CCN(CC(O)COc2ccc(Cl)cc2)CC1)Nc1ccccc1. The second-order valence-electron chi connectivity index (χ2n) is 6.91. The summed E-state index contributed by atoms with van der Waals surface area (Å²) in [6.45, 7) is 4.40. The van der Waals surface area contributed by atoms with Crippen molar-refractivity contribution in [2.45, 2.75) is 6.10 Å². The van der Waals surface area contributed by atoms with Crippen molar-refractivity contribution in [1.82, 2.24) is 9.80 Å². The lowest BCUT2D eigenvalue weighted by atomic mass is 10.2. The molecule has 0 radical (unpaired) electrons. The summed E-state index contributed by atoms with van der Waals surface area (Å²) in [5, 5.41) is 13.8. The normalized spacial score (nSPS) is 16.5. The summed E-state index contributed by atoms with van der Waals surface area (Å²) in [4.78, 5) is 16.5. The van der Waals surface area contributed by atoms with Gasteiger partial charge >= 0.3 is 0 Å². The zero-order valence-electron chi connectivity index (χ0n) is 15.8. The van der Waals surface area contributed by atoms with Crippen LogP contribution in [0.3, 0.4) is 0 Å². The number of carbonyl (C=O) groups excluding carboxylic acids is 1. The van der Waals surface area contributed by atoms with Gasteiger partial charge in [0.15, 0.2) is 0 Å². The van der Waals surface area contributed by atoms with Crippen LogP contribution in [-0.2, 0) is 4.79 Å². The smallest absolute Gasteiger partial charge is 0.238 e. The molecule has 1 atom stereocenters. The number of hydrogen-bond donors (Lipinski definition) is 2. The molecule has 1 heterocycles. The van der Waals surface area contributed by atoms with Gasteiger partial charge in [-0.2, -0.15) is 0 Å². The van der Waals surface area contributed by atoms with E-state index >= 15 is 0 Å². The van der Waals surface area contributed by atoms with Crippen molar-refractivity contribution in [1.29, 1.82) is 0 Å². The fraction of sp³-hybridized carbons (Fsp3) is 0.381. The Balaban J connectivity index is 1.33. The maximum absolute atomic E-state index is 12.1. The van der Waals surface area contributed by atoms with Gasteiger partial charge in [-0.1, -0.05) is 29.8 Å². The Morgan fingerprint density at radius 2 is 1.68 bits per heavy atom. The van der Waals surface area contributed by atoms with Crippen LogP contribution in [-0.4, -0.2) is 72.8 Å². The Kier molecular flexibility index (Phi) is 7.68. The molecule has 7 heteroatoms. The Labute approximate surface area is 170 Å². The molecule has 2 N–H and O–H groups in total. The van der Waals surface area contributed by atoms with E-state index in [1.165, 1.54) is 0 Å². The van der Waals surface area contributed by atoms with Crippen LogP contribution in [0.2, 0.25) is 5.02 Å². The number of piperazine rings is 1. The number of halogens is 1. The van der Waals surface area contributed by atoms with E-state index in [2.05, 4.69) is 15.1 Å². The molecule has 0 spiro atoms. The number of aliphatic hydroxyl groups is 1. The summed E-state index contributed by atoms with van der Waals surface area (Å²) in [5.74, 6) is 0.689. The molecular weight excluding hydrogens is 378 g/mol. The number of carbonyl (C=O) groups is 1. The first-order valence-electron chi connectivity index (χ1n) is 9.44. The molecule has 1 aliphatic heterocycles. The molecule has 28 heavy (non-hydrogen) atoms. The molecule has 0 saturated carbocycles. The predicted molar refractivity (Wildman–Crippen MR) is 111 cm³/mol. The number of nitrogens with one attached hydrogen (secondary N) is 1. The highest BCUT2D eigenvalue weighted by Gasteiger charge is 2.21. The monoisotopic (exact) mass is 403 g/mol. The number of benzene rings is 2. The molecule has 2 aromatic carbocycles. The molecule has 6 nitrogen and oxygen atoms in total. The standard InChI is InChI=1S/C21H26ClN3O3/c22-17-6-8-20(9-7-17)28-16-19(26)14-24-10-12-25(13-11-24)15-21(27)23-18-4-2-1-3-5-18/h1-9,19,26H,10-16H2,(H,23,27). The van der Waals surface area contributed by atoms with Gasteiger partial charge in [-0.05, 0) is 36.4 Å². The minimum absolute atomic E-state index is 0.00366. The highest BCUT2D eigenvalue weighted by atomic mass is 35.5. The quantitative estimate of drug-likeness (QED) is 0.708. The molecule has 3 rings (SSSR count). The summed E-state index contributed by atoms with van der Waals surface area (Å²) >= 11 is 5.85. The zero-order chi connectivity index (χ0) is 19.8. The molecule has 2 aromatic rings. The third-order valence-corrected chi connectivity index (χ3v) is 4.87. The number of para-hydroxylation sites is 1. The molecule has 1 unspecified atom stereocenters. The molecule has 1 saturated heterocycles. The number of ether oxygens (including phenoxy) is 1. The van der Waals surface area contributed by atoms with E-state index in [1.54, 1.807) is 24.3 Å². The topological polar surface area (TPSA) is 65.0 Å². The third-order valence-electron chi connectivity index (χ3n) is 4.61. The summed E-state index contributed by atoms with van der Waals surface area (Å²) in [6, 6.07) is 16.6. The first-order chi connectivity index (χ1) is 13.6. The number of nitrogens with zero attached hydrogens (tertiary/aromatic N) is 2. The molecule has 1 fully saturated rings. The van der Waals surface area contributed by atoms with E-state index in [0.717, 1.165) is 31.9 Å². The van der Waals surface area contributed by atoms with E-state index in [1.807, 2.05) is 30.3 Å². The number of anilines is 1. The lowest BCUT2D eigenvalue weighted by Crippen LogP contribution is -2.50. The molecule has 150 valence electrons. The van der Waals surface area contributed by atoms with Crippen molar-refractivity contribution in [3.05, 3.63) is 59.6 Å². The Morgan fingerprint density at radius 1 is 1.04 bits per heavy atom. The highest BCUT2D eigenvalue weighted by molar-refractivity contribution is 6.30. The summed E-state index contributed by atoms with van der Waals surface area (Å²) in [7, 11) is 0. The minimum atomic E-state index is -0.566. The maximum atomic E-state index is 12.1. The van der Waals surface area contributed by atoms with Crippen molar-refractivity contribution in [2.24, 2.45) is 0 Å². The van der Waals surface area contributed by atoms with Gasteiger partial charge in [0.05, 0.1) is 6.54 Å². The Bertz CT molecular complexity index is 734. The average molecular weight is 404 g/mol. The number of hydrogen-bond acceptors (Lipinski definition) is 5. The lowest BCUT2D eigenvalue weighted by molar-refractivity contribution is -0.117. The number of β-amino-alcohol motifs (C(OH)–C–C–N with tert-alkyl or cyclic N) is 1. The van der Waals surface area contributed by atoms with Crippen LogP contribution in [0.5, 0.6) is 5.75 Å². The second-order valence-corrected chi connectivity index (χ2v) is 7.35. The number of aliphatic hydroxyl groups excluding tert-OH is 1. The van der Waals surface area contributed by atoms with Gasteiger partial charge in [0.2, 0.25) is 5.91 Å². The van der Waals surface area contributed by atoms with Crippen LogP contribution in [0.1, 0.15) is 0 Å². The fourth-order valence-electron chi connectivity index (χ4n) is 3.13. The average Bonchev–Trinajstić information content (AvgIpc) is 2.70. The summed E-state index contributed by atoms with van der Waals surface area (Å²) in [6.07, 6.45) is -0.566. The summed E-state index contributed by atoms with van der Waals surface area (Å²) in [5.41, 5.74) is 0.815. The van der Waals surface area contributed by atoms with Crippen LogP contribution in [0.4, 0.5) is 5.69 Å². The second kappa shape index (κ2) is 10.4. The van der Waals surface area contributed by atoms with Crippen molar-refractivity contribution in [2.75, 3.05) is 51.2 Å². The molecule has 1 aliphatic rings. The highest BCUT2D eigenvalue weighted by Crippen LogP contribution is 2.15. The molecule has 1 amide bonds. The maximum Gasteiger partial charge on any atom is 0.238 e. The lowest BCUT2D eigenvalue weighted by Gasteiger charge is -2.35. The van der Waals surface area contributed by atoms with Crippen LogP contribution in [0.25, 0.3) is 0 Å². The van der Waals surface area contributed by atoms with E-state index in [4.69, 9.17) is 16.3 Å². The van der Waals surface area contributed by atoms with Gasteiger partial charge in [-0.15, -0.1) is 0 Å². The van der Waals surface area contributed by atoms with Gasteiger partial charge in [0, 0.05) is 43.4 Å². The van der Waals surface area contributed by atoms with Gasteiger partial charge in [0.1, 0.15) is 18.5 Å². The fourth-order valence-corrected chi connectivity index (χ4v) is 3.26. The Hall–Kier alpha value is -2.12. The van der Waals surface area contributed by atoms with Gasteiger partial charge in [-0.3, -0.25) is 14.6 Å². The third kappa shape index (κ3) is 6.80. The van der Waals surface area contributed by atoms with E-state index in [0.29, 0.717) is 23.9 Å². The predicted octanol–water partition coefficient (Wildman–Crippen LogP) is 2.34. The van der Waals surface area contributed by atoms with Gasteiger partial charge < -0.3 is 15.2 Å². The first-order valence-corrected chi connectivity index (χ1v) is 9.82. The first kappa shape index (κ1) is 20.6. The van der Waals surface area contributed by atoms with Crippen LogP contribution in [0, 0.1) is 0 Å². The molecule has 0 aromatic heterocycles. The number of rotatable bonds is 8. The van der Waals surface area contributed by atoms with Gasteiger partial charge in [-0.25, -0.2) is 0 Å². The molecular formula is C21H26ClN3O3. The van der Waals surface area contributed by atoms with Crippen LogP contribution >= 0.6 is 11.6 Å². The van der Waals surface area contributed by atoms with E-state index < -0.39 is 6.10 Å². The van der Waals surface area contributed by atoms with Crippen molar-refractivity contribution >= 4 is 23.2 Å². The minimum Gasteiger partial charge on any atom is -0.491 e. The van der Waals surface area contributed by atoms with E-state index in [-0.39, 0.29) is 12.5 Å². The van der Waals surface area contributed by atoms with Crippen molar-refractivity contribution in [3.63, 3.8) is 0 Å². The zero-order valence-corrected chi connectivity index (χ0v) is 16.5. The molecule has 0 bridgehead atoms. The van der Waals surface area contributed by atoms with Crippen LogP contribution in [0.15, 0.2) is 54.6 Å². The van der Waals surface area contributed by atoms with Crippen molar-refractivity contribution in [3.8, 4) is 5.75 Å². The molecule has 0 aliphatic carbocycles. The van der Waals surface area contributed by atoms with Crippen LogP contribution < -0.4 is 10.1 Å². The Morgan fingerprint density at radius 3 is 2.36 bits per heavy atom. The largest absolute Gasteiger partial charge is 0.491 e. The number of amides is 1. The van der Waals surface area contributed by atoms with Crippen molar-refractivity contribution < 1.29 is 14.6 Å². The van der Waals surface area contributed by atoms with Gasteiger partial charge in [0.25, 0.3) is 0 Å². The summed E-state index contributed by atoms with van der Waals surface area (Å²) < 4.78 is 5.60.